The Kier molecular flexibility index (Phi) is 7.22. The fraction of sp³-hybridized carbons (Fsp3) is 0.333. The predicted molar refractivity (Wildman–Crippen MR) is 104 cm³/mol. The number of ether oxygens (including phenoxy) is 2. The van der Waals surface area contributed by atoms with Gasteiger partial charge < -0.3 is 14.8 Å². The molecule has 0 bridgehead atoms. The van der Waals surface area contributed by atoms with Crippen LogP contribution in [0.25, 0.3) is 0 Å². The van der Waals surface area contributed by atoms with E-state index in [1.54, 1.807) is 18.3 Å². The molecule has 1 aromatic heterocycles. The summed E-state index contributed by atoms with van der Waals surface area (Å²) in [5.74, 6) is 6.83. The topological polar surface area (TPSA) is 63.7 Å². The van der Waals surface area contributed by atoms with Crippen molar-refractivity contribution < 1.29 is 14.3 Å². The van der Waals surface area contributed by atoms with Gasteiger partial charge in [0.1, 0.15) is 11.4 Å². The molecule has 6 nitrogen and oxygen atoms in total. The van der Waals surface area contributed by atoms with Crippen LogP contribution in [0, 0.1) is 11.8 Å². The lowest BCUT2D eigenvalue weighted by atomic mass is 10.2. The Morgan fingerprint density at radius 1 is 1.15 bits per heavy atom. The Hall–Kier alpha value is -2.88. The van der Waals surface area contributed by atoms with Crippen molar-refractivity contribution in [2.45, 2.75) is 6.42 Å². The van der Waals surface area contributed by atoms with Crippen LogP contribution in [-0.4, -0.2) is 55.7 Å². The predicted octanol–water partition coefficient (Wildman–Crippen LogP) is 2.15. The zero-order chi connectivity index (χ0) is 18.7. The minimum Gasteiger partial charge on any atom is -0.492 e. The lowest BCUT2D eigenvalue weighted by Gasteiger charge is -2.26. The Labute approximate surface area is 159 Å². The van der Waals surface area contributed by atoms with E-state index in [-0.39, 0.29) is 0 Å². The lowest BCUT2D eigenvalue weighted by Crippen LogP contribution is -2.37. The highest BCUT2D eigenvalue weighted by Gasteiger charge is 2.09. The third-order valence-electron chi connectivity index (χ3n) is 4.17. The van der Waals surface area contributed by atoms with Crippen molar-refractivity contribution in [1.82, 2.24) is 9.88 Å². The minimum absolute atomic E-state index is 0.650. The molecule has 1 fully saturated rings. The standard InChI is InChI=1S/C21H23N3O3/c25-17-23-20-6-3-18(4-7-20)2-5-19-8-9-21(16-22-19)27-13-1-10-24-11-14-26-15-12-24/h3-4,6-9,16-17H,1,10-15H2,(H,23,25). The second-order valence-electron chi connectivity index (χ2n) is 6.12. The molecule has 0 aliphatic carbocycles. The monoisotopic (exact) mass is 365 g/mol. The summed E-state index contributed by atoms with van der Waals surface area (Å²) >= 11 is 0. The summed E-state index contributed by atoms with van der Waals surface area (Å²) in [7, 11) is 0. The lowest BCUT2D eigenvalue weighted by molar-refractivity contribution is -0.105. The summed E-state index contributed by atoms with van der Waals surface area (Å²) in [5.41, 5.74) is 2.28. The summed E-state index contributed by atoms with van der Waals surface area (Å²) < 4.78 is 11.1. The Balaban J connectivity index is 1.43. The number of nitrogens with zero attached hydrogens (tertiary/aromatic N) is 2. The normalized spacial score (nSPS) is 14.1. The van der Waals surface area contributed by atoms with E-state index in [0.717, 1.165) is 56.3 Å². The average molecular weight is 365 g/mol. The number of pyridine rings is 1. The first kappa shape index (κ1) is 18.9. The fourth-order valence-corrected chi connectivity index (χ4v) is 2.70. The zero-order valence-corrected chi connectivity index (χ0v) is 15.2. The molecule has 1 N–H and O–H groups in total. The van der Waals surface area contributed by atoms with Gasteiger partial charge in [0, 0.05) is 30.9 Å². The second-order valence-corrected chi connectivity index (χ2v) is 6.12. The van der Waals surface area contributed by atoms with Crippen molar-refractivity contribution in [3.05, 3.63) is 53.9 Å². The SMILES string of the molecule is O=CNc1ccc(C#Cc2ccc(OCCCN3CCOCC3)cn2)cc1. The first-order valence-electron chi connectivity index (χ1n) is 9.05. The fourth-order valence-electron chi connectivity index (χ4n) is 2.70. The third kappa shape index (κ3) is 6.41. The molecule has 2 heterocycles. The van der Waals surface area contributed by atoms with E-state index >= 15 is 0 Å². The van der Waals surface area contributed by atoms with E-state index < -0.39 is 0 Å². The number of anilines is 1. The van der Waals surface area contributed by atoms with Gasteiger partial charge in [-0.2, -0.15) is 0 Å². The van der Waals surface area contributed by atoms with Crippen molar-refractivity contribution in [1.29, 1.82) is 0 Å². The molecule has 0 spiro atoms. The maximum atomic E-state index is 10.4. The van der Waals surface area contributed by atoms with E-state index in [2.05, 4.69) is 27.0 Å². The van der Waals surface area contributed by atoms with Crippen LogP contribution >= 0.6 is 0 Å². The largest absolute Gasteiger partial charge is 0.492 e. The summed E-state index contributed by atoms with van der Waals surface area (Å²) in [6.45, 7) is 5.36. The number of carbonyl (C=O) groups excluding carboxylic acids is 1. The van der Waals surface area contributed by atoms with E-state index in [9.17, 15) is 4.79 Å². The van der Waals surface area contributed by atoms with Gasteiger partial charge >= 0.3 is 0 Å². The van der Waals surface area contributed by atoms with Gasteiger partial charge in [-0.1, -0.05) is 5.92 Å². The van der Waals surface area contributed by atoms with Crippen molar-refractivity contribution in [2.75, 3.05) is 44.8 Å². The third-order valence-corrected chi connectivity index (χ3v) is 4.17. The number of hydrogen-bond donors (Lipinski definition) is 1. The smallest absolute Gasteiger partial charge is 0.211 e. The van der Waals surface area contributed by atoms with Crippen molar-refractivity contribution in [3.63, 3.8) is 0 Å². The molecule has 1 aliphatic heterocycles. The quantitative estimate of drug-likeness (QED) is 0.463. The van der Waals surface area contributed by atoms with Crippen molar-refractivity contribution in [3.8, 4) is 17.6 Å². The molecule has 1 aromatic carbocycles. The molecule has 1 amide bonds. The van der Waals surface area contributed by atoms with Crippen LogP contribution in [0.2, 0.25) is 0 Å². The summed E-state index contributed by atoms with van der Waals surface area (Å²) in [4.78, 5) is 17.1. The maximum absolute atomic E-state index is 10.4. The summed E-state index contributed by atoms with van der Waals surface area (Å²) in [5, 5.41) is 2.59. The first-order valence-corrected chi connectivity index (χ1v) is 9.05. The Morgan fingerprint density at radius 2 is 1.96 bits per heavy atom. The number of aromatic nitrogens is 1. The molecule has 2 aromatic rings. The molecule has 0 saturated carbocycles. The van der Waals surface area contributed by atoms with E-state index in [1.165, 1.54) is 0 Å². The molecule has 27 heavy (non-hydrogen) atoms. The van der Waals surface area contributed by atoms with Gasteiger partial charge in [0.15, 0.2) is 0 Å². The zero-order valence-electron chi connectivity index (χ0n) is 15.2. The molecular formula is C21H23N3O3. The van der Waals surface area contributed by atoms with Crippen molar-refractivity contribution >= 4 is 12.1 Å². The summed E-state index contributed by atoms with van der Waals surface area (Å²) in [6.07, 6.45) is 3.34. The van der Waals surface area contributed by atoms with Crippen LogP contribution in [0.1, 0.15) is 17.7 Å². The maximum Gasteiger partial charge on any atom is 0.211 e. The van der Waals surface area contributed by atoms with E-state index in [1.807, 2.05) is 24.3 Å². The van der Waals surface area contributed by atoms with Crippen LogP contribution in [0.5, 0.6) is 5.75 Å². The van der Waals surface area contributed by atoms with E-state index in [4.69, 9.17) is 9.47 Å². The van der Waals surface area contributed by atoms with Crippen LogP contribution < -0.4 is 10.1 Å². The van der Waals surface area contributed by atoms with Gasteiger partial charge in [0.2, 0.25) is 6.41 Å². The highest BCUT2D eigenvalue weighted by Crippen LogP contribution is 2.10. The Bertz CT molecular complexity index is 773. The minimum atomic E-state index is 0.650. The van der Waals surface area contributed by atoms with Gasteiger partial charge in [-0.15, -0.1) is 0 Å². The van der Waals surface area contributed by atoms with E-state index in [0.29, 0.717) is 18.7 Å². The van der Waals surface area contributed by atoms with Gasteiger partial charge in [-0.25, -0.2) is 4.98 Å². The number of hydrogen-bond acceptors (Lipinski definition) is 5. The number of benzene rings is 1. The molecular weight excluding hydrogens is 342 g/mol. The van der Waals surface area contributed by atoms with Crippen molar-refractivity contribution in [2.24, 2.45) is 0 Å². The molecule has 3 rings (SSSR count). The highest BCUT2D eigenvalue weighted by molar-refractivity contribution is 5.71. The van der Waals surface area contributed by atoms with Gasteiger partial charge in [0.25, 0.3) is 0 Å². The van der Waals surface area contributed by atoms with Crippen LogP contribution in [0.3, 0.4) is 0 Å². The summed E-state index contributed by atoms with van der Waals surface area (Å²) in [6, 6.07) is 11.1. The number of morpholine rings is 1. The number of rotatable bonds is 7. The Morgan fingerprint density at radius 3 is 2.67 bits per heavy atom. The number of carbonyl (C=O) groups is 1. The van der Waals surface area contributed by atoms with Crippen LogP contribution in [-0.2, 0) is 9.53 Å². The molecule has 140 valence electrons. The molecule has 0 atom stereocenters. The van der Waals surface area contributed by atoms with Gasteiger partial charge in [-0.3, -0.25) is 9.69 Å². The van der Waals surface area contributed by atoms with Crippen LogP contribution in [0.15, 0.2) is 42.6 Å². The number of nitrogens with one attached hydrogen (secondary N) is 1. The molecule has 6 heteroatoms. The molecule has 1 aliphatic rings. The second kappa shape index (κ2) is 10.3. The van der Waals surface area contributed by atoms with Gasteiger partial charge in [0.05, 0.1) is 26.0 Å². The molecule has 0 radical (unpaired) electrons. The van der Waals surface area contributed by atoms with Gasteiger partial charge in [-0.05, 0) is 48.7 Å². The number of amides is 1. The first-order chi connectivity index (χ1) is 13.3. The average Bonchev–Trinajstić information content (AvgIpc) is 2.73. The highest BCUT2D eigenvalue weighted by atomic mass is 16.5. The molecule has 0 unspecified atom stereocenters. The molecule has 1 saturated heterocycles. The van der Waals surface area contributed by atoms with Crippen LogP contribution in [0.4, 0.5) is 5.69 Å².